The molecule has 0 atom stereocenters. The Balaban J connectivity index is 1.47. The number of hydrogen-bond donors (Lipinski definition) is 0. The molecule has 0 saturated carbocycles. The fourth-order valence-corrected chi connectivity index (χ4v) is 3.86. The number of pyridine rings is 2. The number of nitrogens with zero attached hydrogens (tertiary/aromatic N) is 2. The van der Waals surface area contributed by atoms with Crippen molar-refractivity contribution >= 4 is 33.4 Å². The molecule has 0 fully saturated rings. The Morgan fingerprint density at radius 3 is 1.83 bits per heavy atom. The summed E-state index contributed by atoms with van der Waals surface area (Å²) >= 11 is 2.34. The molecule has 2 nitrogen and oxygen atoms in total. The van der Waals surface area contributed by atoms with E-state index in [9.17, 15) is 0 Å². The van der Waals surface area contributed by atoms with Crippen LogP contribution in [0.25, 0.3) is 44.3 Å². The van der Waals surface area contributed by atoms with Crippen molar-refractivity contribution in [3.05, 3.63) is 107 Å². The third-order valence-electron chi connectivity index (χ3n) is 5.07. The molecule has 2 heterocycles. The fraction of sp³-hybridized carbons (Fsp3) is 0. The standard InChI is InChI=1S/C26H17IN2/c27-25-10-7-18(8-11-25)19-3-4-21-15-22(6-5-20(21)14-19)23-9-12-26(29-17-23)24-2-1-13-28-16-24/h1-17H. The van der Waals surface area contributed by atoms with Crippen molar-refractivity contribution in [1.29, 1.82) is 0 Å². The molecule has 0 amide bonds. The van der Waals surface area contributed by atoms with Crippen LogP contribution < -0.4 is 0 Å². The Kier molecular flexibility index (Phi) is 4.82. The summed E-state index contributed by atoms with van der Waals surface area (Å²) < 4.78 is 1.25. The van der Waals surface area contributed by atoms with Crippen LogP contribution >= 0.6 is 22.6 Å². The summed E-state index contributed by atoms with van der Waals surface area (Å²) in [7, 11) is 0. The lowest BCUT2D eigenvalue weighted by atomic mass is 9.98. The minimum absolute atomic E-state index is 0.935. The van der Waals surface area contributed by atoms with Crippen LogP contribution in [0.5, 0.6) is 0 Å². The summed E-state index contributed by atoms with van der Waals surface area (Å²) in [6.07, 6.45) is 5.55. The maximum Gasteiger partial charge on any atom is 0.0717 e. The lowest BCUT2D eigenvalue weighted by Gasteiger charge is -2.08. The predicted molar refractivity (Wildman–Crippen MR) is 129 cm³/mol. The second-order valence-corrected chi connectivity index (χ2v) is 8.20. The zero-order chi connectivity index (χ0) is 19.6. The molecular weight excluding hydrogens is 467 g/mol. The third-order valence-corrected chi connectivity index (χ3v) is 5.79. The zero-order valence-electron chi connectivity index (χ0n) is 15.6. The first kappa shape index (κ1) is 18.0. The van der Waals surface area contributed by atoms with Gasteiger partial charge in [0.2, 0.25) is 0 Å². The molecule has 0 aliphatic rings. The number of fused-ring (bicyclic) bond motifs is 1. The maximum atomic E-state index is 4.63. The summed E-state index contributed by atoms with van der Waals surface area (Å²) in [5.41, 5.74) is 6.73. The molecule has 0 saturated heterocycles. The van der Waals surface area contributed by atoms with Crippen LogP contribution in [0.15, 0.2) is 104 Å². The summed E-state index contributed by atoms with van der Waals surface area (Å²) in [5, 5.41) is 2.47. The van der Waals surface area contributed by atoms with Crippen LogP contribution in [0.2, 0.25) is 0 Å². The largest absolute Gasteiger partial charge is 0.264 e. The minimum atomic E-state index is 0.935. The molecule has 0 radical (unpaired) electrons. The van der Waals surface area contributed by atoms with Crippen molar-refractivity contribution in [3.63, 3.8) is 0 Å². The minimum Gasteiger partial charge on any atom is -0.264 e. The van der Waals surface area contributed by atoms with Crippen LogP contribution in [-0.2, 0) is 0 Å². The Hall–Kier alpha value is -3.05. The van der Waals surface area contributed by atoms with E-state index in [0.717, 1.165) is 16.8 Å². The van der Waals surface area contributed by atoms with Gasteiger partial charge in [-0.2, -0.15) is 0 Å². The van der Waals surface area contributed by atoms with E-state index in [1.54, 1.807) is 6.20 Å². The molecule has 5 aromatic rings. The van der Waals surface area contributed by atoms with Gasteiger partial charge < -0.3 is 0 Å². The topological polar surface area (TPSA) is 25.8 Å². The molecule has 3 aromatic carbocycles. The molecule has 2 aromatic heterocycles. The highest BCUT2D eigenvalue weighted by atomic mass is 127. The van der Waals surface area contributed by atoms with E-state index in [1.165, 1.54) is 31.0 Å². The van der Waals surface area contributed by atoms with Gasteiger partial charge in [0, 0.05) is 33.3 Å². The highest BCUT2D eigenvalue weighted by Gasteiger charge is 2.05. The summed E-state index contributed by atoms with van der Waals surface area (Å²) in [6, 6.07) is 30.0. The molecule has 5 rings (SSSR count). The number of hydrogen-bond acceptors (Lipinski definition) is 2. The number of aromatic nitrogens is 2. The van der Waals surface area contributed by atoms with E-state index in [-0.39, 0.29) is 0 Å². The third kappa shape index (κ3) is 3.78. The van der Waals surface area contributed by atoms with Gasteiger partial charge in [-0.1, -0.05) is 42.5 Å². The molecule has 0 bridgehead atoms. The fourth-order valence-electron chi connectivity index (χ4n) is 3.50. The Morgan fingerprint density at radius 1 is 0.552 bits per heavy atom. The smallest absolute Gasteiger partial charge is 0.0717 e. The molecule has 0 unspecified atom stereocenters. The van der Waals surface area contributed by atoms with Gasteiger partial charge >= 0.3 is 0 Å². The van der Waals surface area contributed by atoms with E-state index >= 15 is 0 Å². The molecule has 0 aliphatic heterocycles. The van der Waals surface area contributed by atoms with Crippen LogP contribution in [0, 0.1) is 3.57 Å². The SMILES string of the molecule is Ic1ccc(-c2ccc3cc(-c4ccc(-c5cccnc5)nc4)ccc3c2)cc1. The van der Waals surface area contributed by atoms with Crippen LogP contribution in [0.3, 0.4) is 0 Å². The van der Waals surface area contributed by atoms with E-state index in [2.05, 4.69) is 105 Å². The van der Waals surface area contributed by atoms with Gasteiger partial charge in [-0.25, -0.2) is 0 Å². The van der Waals surface area contributed by atoms with Gasteiger partial charge in [-0.3, -0.25) is 9.97 Å². The van der Waals surface area contributed by atoms with Crippen molar-refractivity contribution < 1.29 is 0 Å². The predicted octanol–water partition coefficient (Wildman–Crippen LogP) is 7.24. The van der Waals surface area contributed by atoms with Gasteiger partial charge in [0.05, 0.1) is 5.69 Å². The van der Waals surface area contributed by atoms with Crippen LogP contribution in [-0.4, -0.2) is 9.97 Å². The second-order valence-electron chi connectivity index (χ2n) is 6.96. The first-order chi connectivity index (χ1) is 14.3. The Bertz CT molecular complexity index is 1280. The highest BCUT2D eigenvalue weighted by Crippen LogP contribution is 2.29. The lowest BCUT2D eigenvalue weighted by molar-refractivity contribution is 1.28. The van der Waals surface area contributed by atoms with Gasteiger partial charge in [0.25, 0.3) is 0 Å². The normalized spacial score (nSPS) is 10.9. The molecular formula is C26H17IN2. The average molecular weight is 484 g/mol. The highest BCUT2D eigenvalue weighted by molar-refractivity contribution is 14.1. The Labute approximate surface area is 183 Å². The maximum absolute atomic E-state index is 4.63. The number of rotatable bonds is 3. The van der Waals surface area contributed by atoms with Gasteiger partial charge in [-0.15, -0.1) is 0 Å². The van der Waals surface area contributed by atoms with Crippen LogP contribution in [0.4, 0.5) is 0 Å². The summed E-state index contributed by atoms with van der Waals surface area (Å²) in [5.74, 6) is 0. The quantitative estimate of drug-likeness (QED) is 0.253. The molecule has 29 heavy (non-hydrogen) atoms. The van der Waals surface area contributed by atoms with Gasteiger partial charge in [-0.05, 0) is 92.5 Å². The number of benzene rings is 3. The molecule has 0 N–H and O–H groups in total. The van der Waals surface area contributed by atoms with E-state index in [4.69, 9.17) is 0 Å². The van der Waals surface area contributed by atoms with E-state index in [0.29, 0.717) is 0 Å². The number of halogens is 1. The molecule has 3 heteroatoms. The molecule has 0 spiro atoms. The monoisotopic (exact) mass is 484 g/mol. The van der Waals surface area contributed by atoms with Gasteiger partial charge in [0.1, 0.15) is 0 Å². The molecule has 0 aliphatic carbocycles. The van der Waals surface area contributed by atoms with E-state index < -0.39 is 0 Å². The summed E-state index contributed by atoms with van der Waals surface area (Å²) in [4.78, 5) is 8.79. The molecule has 138 valence electrons. The average Bonchev–Trinajstić information content (AvgIpc) is 2.80. The first-order valence-corrected chi connectivity index (χ1v) is 10.5. The zero-order valence-corrected chi connectivity index (χ0v) is 17.7. The van der Waals surface area contributed by atoms with Gasteiger partial charge in [0.15, 0.2) is 0 Å². The van der Waals surface area contributed by atoms with E-state index in [1.807, 2.05) is 24.5 Å². The first-order valence-electron chi connectivity index (χ1n) is 9.43. The van der Waals surface area contributed by atoms with Crippen LogP contribution in [0.1, 0.15) is 0 Å². The lowest BCUT2D eigenvalue weighted by Crippen LogP contribution is -1.86. The van der Waals surface area contributed by atoms with Crippen molar-refractivity contribution in [2.24, 2.45) is 0 Å². The van der Waals surface area contributed by atoms with Crippen molar-refractivity contribution in [1.82, 2.24) is 9.97 Å². The summed E-state index contributed by atoms with van der Waals surface area (Å²) in [6.45, 7) is 0. The van der Waals surface area contributed by atoms with Crippen molar-refractivity contribution in [3.8, 4) is 33.5 Å². The Morgan fingerprint density at radius 2 is 1.21 bits per heavy atom. The van der Waals surface area contributed by atoms with Crippen molar-refractivity contribution in [2.45, 2.75) is 0 Å². The van der Waals surface area contributed by atoms with Crippen molar-refractivity contribution in [2.75, 3.05) is 0 Å². The second kappa shape index (κ2) is 7.76.